The fraction of sp³-hybridized carbons (Fsp3) is 0.846. The van der Waals surface area contributed by atoms with Crippen LogP contribution >= 0.6 is 11.8 Å². The van der Waals surface area contributed by atoms with Gasteiger partial charge in [0.05, 0.1) is 11.8 Å². The van der Waals surface area contributed by atoms with Gasteiger partial charge in [-0.1, -0.05) is 25.9 Å². The first-order chi connectivity index (χ1) is 8.96. The Morgan fingerprint density at radius 3 is 2.68 bits per heavy atom. The maximum atomic E-state index is 5.41. The largest absolute Gasteiger partial charge is 0.338 e. The van der Waals surface area contributed by atoms with Crippen molar-refractivity contribution >= 4 is 11.8 Å². The van der Waals surface area contributed by atoms with Gasteiger partial charge in [-0.3, -0.25) is 4.90 Å². The number of piperazine rings is 1. The minimum Gasteiger partial charge on any atom is -0.338 e. The van der Waals surface area contributed by atoms with Gasteiger partial charge in [0.2, 0.25) is 5.89 Å². The Labute approximate surface area is 119 Å². The zero-order valence-corrected chi connectivity index (χ0v) is 13.1. The molecule has 1 aliphatic heterocycles. The Morgan fingerprint density at radius 2 is 2.05 bits per heavy atom. The predicted octanol–water partition coefficient (Wildman–Crippen LogP) is 2.07. The summed E-state index contributed by atoms with van der Waals surface area (Å²) in [5.41, 5.74) is 0. The maximum Gasteiger partial charge on any atom is 0.243 e. The van der Waals surface area contributed by atoms with Crippen molar-refractivity contribution in [2.75, 3.05) is 26.2 Å². The van der Waals surface area contributed by atoms with Gasteiger partial charge in [-0.25, -0.2) is 0 Å². The molecule has 0 amide bonds. The average molecular weight is 284 g/mol. The topological polar surface area (TPSA) is 54.2 Å². The van der Waals surface area contributed by atoms with Gasteiger partial charge in [0.25, 0.3) is 0 Å². The van der Waals surface area contributed by atoms with Crippen LogP contribution in [0.1, 0.15) is 45.5 Å². The zero-order chi connectivity index (χ0) is 13.9. The molecule has 1 atom stereocenters. The second-order valence-electron chi connectivity index (χ2n) is 5.91. The summed E-state index contributed by atoms with van der Waals surface area (Å²) in [6, 6.07) is 0.211. The second kappa shape index (κ2) is 6.24. The number of nitrogens with one attached hydrogen (secondary N) is 1. The predicted molar refractivity (Wildman–Crippen MR) is 78.2 cm³/mol. The summed E-state index contributed by atoms with van der Waals surface area (Å²) in [5.74, 6) is 2.35. The van der Waals surface area contributed by atoms with E-state index in [-0.39, 0.29) is 10.8 Å². The molecule has 6 heteroatoms. The average Bonchev–Trinajstić information content (AvgIpc) is 2.84. The Bertz CT molecular complexity index is 396. The van der Waals surface area contributed by atoms with Gasteiger partial charge in [0.1, 0.15) is 0 Å². The van der Waals surface area contributed by atoms with E-state index in [0.29, 0.717) is 0 Å². The third-order valence-corrected chi connectivity index (χ3v) is 4.44. The quantitative estimate of drug-likeness (QED) is 0.913. The zero-order valence-electron chi connectivity index (χ0n) is 12.3. The van der Waals surface area contributed by atoms with Gasteiger partial charge in [-0.2, -0.15) is 4.98 Å². The van der Waals surface area contributed by atoms with Crippen molar-refractivity contribution < 1.29 is 4.52 Å². The molecule has 0 bridgehead atoms. The highest BCUT2D eigenvalue weighted by Gasteiger charge is 2.23. The molecule has 2 rings (SSSR count). The molecule has 1 N–H and O–H groups in total. The van der Waals surface area contributed by atoms with Crippen LogP contribution < -0.4 is 5.32 Å². The molecule has 1 saturated heterocycles. The van der Waals surface area contributed by atoms with E-state index in [0.717, 1.165) is 43.6 Å². The molecule has 1 aliphatic rings. The molecule has 0 saturated carbocycles. The van der Waals surface area contributed by atoms with Gasteiger partial charge < -0.3 is 9.84 Å². The molecule has 1 unspecified atom stereocenters. The molecule has 0 aromatic carbocycles. The molecular weight excluding hydrogens is 260 g/mol. The van der Waals surface area contributed by atoms with Crippen molar-refractivity contribution in [2.24, 2.45) is 0 Å². The minimum atomic E-state index is 0.211. The van der Waals surface area contributed by atoms with Crippen LogP contribution in [-0.2, 0) is 5.75 Å². The highest BCUT2D eigenvalue weighted by molar-refractivity contribution is 7.99. The van der Waals surface area contributed by atoms with E-state index in [4.69, 9.17) is 4.52 Å². The fourth-order valence-corrected chi connectivity index (χ4v) is 2.68. The highest BCUT2D eigenvalue weighted by atomic mass is 32.2. The normalized spacial score (nSPS) is 19.6. The van der Waals surface area contributed by atoms with Crippen molar-refractivity contribution in [3.63, 3.8) is 0 Å². The van der Waals surface area contributed by atoms with E-state index in [2.05, 4.69) is 48.1 Å². The van der Waals surface area contributed by atoms with Crippen molar-refractivity contribution in [1.29, 1.82) is 0 Å². The molecule has 5 nitrogen and oxygen atoms in total. The third-order valence-electron chi connectivity index (χ3n) is 3.17. The van der Waals surface area contributed by atoms with Crippen LogP contribution in [0, 0.1) is 0 Å². The van der Waals surface area contributed by atoms with Crippen LogP contribution in [0.25, 0.3) is 0 Å². The van der Waals surface area contributed by atoms with Gasteiger partial charge in [0, 0.05) is 30.9 Å². The first-order valence-electron chi connectivity index (χ1n) is 6.87. The van der Waals surface area contributed by atoms with Crippen LogP contribution in [0.5, 0.6) is 0 Å². The molecule has 1 aromatic rings. The van der Waals surface area contributed by atoms with Crippen LogP contribution in [0.2, 0.25) is 0 Å². The summed E-state index contributed by atoms with van der Waals surface area (Å²) in [4.78, 5) is 6.91. The Hall–Kier alpha value is -0.590. The van der Waals surface area contributed by atoms with Crippen LogP contribution in [0.4, 0.5) is 0 Å². The number of thioether (sulfide) groups is 1. The summed E-state index contributed by atoms with van der Waals surface area (Å²) in [5, 5.41) is 7.44. The Morgan fingerprint density at radius 1 is 1.37 bits per heavy atom. The molecule has 1 fully saturated rings. The smallest absolute Gasteiger partial charge is 0.243 e. The Balaban J connectivity index is 1.92. The van der Waals surface area contributed by atoms with E-state index >= 15 is 0 Å². The van der Waals surface area contributed by atoms with Gasteiger partial charge >= 0.3 is 0 Å². The standard InChI is InChI=1S/C13H24N4OS/c1-10(17-7-5-14-6-8-17)12-15-11(16-18-12)9-19-13(2,3)4/h10,14H,5-9H2,1-4H3. The molecular formula is C13H24N4OS. The lowest BCUT2D eigenvalue weighted by molar-refractivity contribution is 0.154. The van der Waals surface area contributed by atoms with Crippen molar-refractivity contribution in [1.82, 2.24) is 20.4 Å². The lowest BCUT2D eigenvalue weighted by atomic mass is 10.2. The number of nitrogens with zero attached hydrogens (tertiary/aromatic N) is 3. The molecule has 0 aliphatic carbocycles. The third kappa shape index (κ3) is 4.47. The van der Waals surface area contributed by atoms with Gasteiger partial charge in [0.15, 0.2) is 5.82 Å². The fourth-order valence-electron chi connectivity index (χ4n) is 2.00. The van der Waals surface area contributed by atoms with Gasteiger partial charge in [-0.15, -0.1) is 11.8 Å². The van der Waals surface area contributed by atoms with Crippen LogP contribution in [-0.4, -0.2) is 46.0 Å². The van der Waals surface area contributed by atoms with Crippen molar-refractivity contribution in [3.8, 4) is 0 Å². The van der Waals surface area contributed by atoms with E-state index in [1.807, 2.05) is 11.8 Å². The monoisotopic (exact) mass is 284 g/mol. The molecule has 19 heavy (non-hydrogen) atoms. The lowest BCUT2D eigenvalue weighted by Gasteiger charge is -2.30. The number of rotatable bonds is 4. The maximum absolute atomic E-state index is 5.41. The van der Waals surface area contributed by atoms with Gasteiger partial charge in [-0.05, 0) is 6.92 Å². The number of hydrogen-bond acceptors (Lipinski definition) is 6. The molecule has 2 heterocycles. The lowest BCUT2D eigenvalue weighted by Crippen LogP contribution is -2.44. The molecule has 0 spiro atoms. The van der Waals surface area contributed by atoms with E-state index in [9.17, 15) is 0 Å². The Kier molecular flexibility index (Phi) is 4.86. The first-order valence-corrected chi connectivity index (χ1v) is 7.85. The molecule has 1 aromatic heterocycles. The van der Waals surface area contributed by atoms with Crippen LogP contribution in [0.15, 0.2) is 4.52 Å². The first kappa shape index (κ1) is 14.8. The molecule has 0 radical (unpaired) electrons. The summed E-state index contributed by atoms with van der Waals surface area (Å²) in [6.07, 6.45) is 0. The number of aromatic nitrogens is 2. The summed E-state index contributed by atoms with van der Waals surface area (Å²) in [7, 11) is 0. The SMILES string of the molecule is CC(c1nc(CSC(C)(C)C)no1)N1CCNCC1. The van der Waals surface area contributed by atoms with E-state index < -0.39 is 0 Å². The molecule has 108 valence electrons. The highest BCUT2D eigenvalue weighted by Crippen LogP contribution is 2.27. The number of hydrogen-bond donors (Lipinski definition) is 1. The second-order valence-corrected chi connectivity index (χ2v) is 7.71. The van der Waals surface area contributed by atoms with Crippen molar-refractivity contribution in [2.45, 2.75) is 44.2 Å². The summed E-state index contributed by atoms with van der Waals surface area (Å²) < 4.78 is 5.64. The van der Waals surface area contributed by atoms with E-state index in [1.54, 1.807) is 0 Å². The summed E-state index contributed by atoms with van der Waals surface area (Å²) in [6.45, 7) is 12.9. The van der Waals surface area contributed by atoms with Crippen LogP contribution in [0.3, 0.4) is 0 Å². The summed E-state index contributed by atoms with van der Waals surface area (Å²) >= 11 is 1.84. The van der Waals surface area contributed by atoms with Crippen molar-refractivity contribution in [3.05, 3.63) is 11.7 Å². The van der Waals surface area contributed by atoms with E-state index in [1.165, 1.54) is 0 Å². The minimum absolute atomic E-state index is 0.211.